The second-order valence-corrected chi connectivity index (χ2v) is 16.3. The van der Waals surface area contributed by atoms with Crippen molar-refractivity contribution >= 4 is 98.0 Å². The van der Waals surface area contributed by atoms with Gasteiger partial charge in [-0.15, -0.1) is 0 Å². The molecule has 6 nitrogen and oxygen atoms in total. The first-order chi connectivity index (χ1) is 31.2. The van der Waals surface area contributed by atoms with Crippen molar-refractivity contribution in [1.29, 1.82) is 0 Å². The molecule has 10 aromatic carbocycles. The normalized spacial score (nSPS) is 12.1. The van der Waals surface area contributed by atoms with Gasteiger partial charge in [-0.3, -0.25) is 0 Å². The van der Waals surface area contributed by atoms with Gasteiger partial charge < -0.3 is 13.4 Å². The van der Waals surface area contributed by atoms with Crippen molar-refractivity contribution in [2.24, 2.45) is 0 Å². The minimum Gasteiger partial charge on any atom is -0.456 e. The van der Waals surface area contributed by atoms with E-state index in [-0.39, 0.29) is 0 Å². The van der Waals surface area contributed by atoms with Gasteiger partial charge in [-0.25, -0.2) is 15.0 Å². The van der Waals surface area contributed by atoms with Crippen molar-refractivity contribution in [3.63, 3.8) is 0 Å². The van der Waals surface area contributed by atoms with Crippen LogP contribution in [0.1, 0.15) is 0 Å². The molecule has 4 aromatic heterocycles. The van der Waals surface area contributed by atoms with Crippen LogP contribution in [-0.2, 0) is 0 Å². The Hall–Kier alpha value is -8.61. The molecule has 0 N–H and O–H groups in total. The zero-order chi connectivity index (χ0) is 41.2. The van der Waals surface area contributed by atoms with Crippen molar-refractivity contribution in [3.05, 3.63) is 194 Å². The van der Waals surface area contributed by atoms with E-state index in [0.29, 0.717) is 23.1 Å². The second kappa shape index (κ2) is 12.9. The molecule has 0 saturated heterocycles. The van der Waals surface area contributed by atoms with E-state index in [9.17, 15) is 0 Å². The van der Waals surface area contributed by atoms with E-state index in [0.717, 1.165) is 93.2 Å². The maximum Gasteiger partial charge on any atom is 0.167 e. The van der Waals surface area contributed by atoms with Gasteiger partial charge >= 0.3 is 0 Å². The van der Waals surface area contributed by atoms with Crippen LogP contribution in [0.4, 0.5) is 0 Å². The van der Waals surface area contributed by atoms with Gasteiger partial charge in [0.1, 0.15) is 22.3 Å². The summed E-state index contributed by atoms with van der Waals surface area (Å²) >= 11 is 0. The predicted molar refractivity (Wildman–Crippen MR) is 258 cm³/mol. The molecule has 0 unspecified atom stereocenters. The Morgan fingerprint density at radius 3 is 1.79 bits per heavy atom. The number of aromatic nitrogens is 4. The third-order valence-corrected chi connectivity index (χ3v) is 12.8. The van der Waals surface area contributed by atoms with Gasteiger partial charge in [0.25, 0.3) is 0 Å². The molecule has 292 valence electrons. The molecule has 0 spiro atoms. The quantitative estimate of drug-likeness (QED) is 0.177. The maximum absolute atomic E-state index is 7.20. The van der Waals surface area contributed by atoms with Crippen LogP contribution in [0.25, 0.3) is 138 Å². The van der Waals surface area contributed by atoms with Crippen LogP contribution in [0.3, 0.4) is 0 Å². The van der Waals surface area contributed by atoms with Crippen molar-refractivity contribution < 1.29 is 8.83 Å². The first-order valence-corrected chi connectivity index (χ1v) is 21.2. The molecule has 63 heavy (non-hydrogen) atoms. The van der Waals surface area contributed by atoms with Gasteiger partial charge in [0, 0.05) is 43.4 Å². The molecule has 4 heterocycles. The summed E-state index contributed by atoms with van der Waals surface area (Å²) in [6, 6.07) is 68.1. The lowest BCUT2D eigenvalue weighted by Crippen LogP contribution is -2.01. The molecule has 0 radical (unpaired) electrons. The number of rotatable bonds is 4. The van der Waals surface area contributed by atoms with Crippen LogP contribution in [0.2, 0.25) is 0 Å². The molecule has 0 bridgehead atoms. The Morgan fingerprint density at radius 1 is 0.333 bits per heavy atom. The Balaban J connectivity index is 1.08. The zero-order valence-corrected chi connectivity index (χ0v) is 33.6. The lowest BCUT2D eigenvalue weighted by atomic mass is 10.0. The summed E-state index contributed by atoms with van der Waals surface area (Å²) in [5.41, 5.74) is 9.00. The number of nitrogens with zero attached hydrogens (tertiary/aromatic N) is 4. The van der Waals surface area contributed by atoms with Gasteiger partial charge in [-0.2, -0.15) is 0 Å². The SMILES string of the molecule is c1ccc2cc(-c3nc(-c4ccc5oc6ccccc6c5c4)nc(-c4ccc(-n5c6ccccc6c6cc7ccccc7cc65)c5c4oc4c6ccccc6ccc45)n3)ccc2c1. The van der Waals surface area contributed by atoms with Crippen LogP contribution in [-0.4, -0.2) is 19.5 Å². The molecular weight excluding hydrogens is 773 g/mol. The number of para-hydroxylation sites is 2. The summed E-state index contributed by atoms with van der Waals surface area (Å²) < 4.78 is 15.8. The molecule has 14 aromatic rings. The van der Waals surface area contributed by atoms with Crippen molar-refractivity contribution in [2.75, 3.05) is 0 Å². The molecule has 14 rings (SSSR count). The molecule has 0 aliphatic carbocycles. The molecule has 0 fully saturated rings. The maximum atomic E-state index is 7.20. The van der Waals surface area contributed by atoms with Crippen LogP contribution in [0, 0.1) is 0 Å². The minimum absolute atomic E-state index is 0.522. The fourth-order valence-corrected chi connectivity index (χ4v) is 9.82. The highest BCUT2D eigenvalue weighted by molar-refractivity contribution is 6.22. The topological polar surface area (TPSA) is 69.9 Å². The fraction of sp³-hybridized carbons (Fsp3) is 0. The summed E-state index contributed by atoms with van der Waals surface area (Å²) in [5.74, 6) is 1.66. The Morgan fingerprint density at radius 2 is 0.952 bits per heavy atom. The standard InChI is InChI=1S/C57H32N4O2/c1-2-13-35-29-38(22-21-33(35)11-1)55-58-56(39-24-28-51-46(31-39)42-18-8-10-20-50(42)62-51)60-57(59-55)44-26-27-48(52-43-25-23-34-12-5-6-16-40(34)53(43)63-54(44)52)61-47-19-9-7-17-41(47)45-30-36-14-3-4-15-37(36)32-49(45)61/h1-32H. The van der Waals surface area contributed by atoms with Crippen molar-refractivity contribution in [1.82, 2.24) is 19.5 Å². The van der Waals surface area contributed by atoms with Crippen LogP contribution < -0.4 is 0 Å². The van der Waals surface area contributed by atoms with Gasteiger partial charge in [0.2, 0.25) is 0 Å². The van der Waals surface area contributed by atoms with Gasteiger partial charge in [0.05, 0.1) is 27.7 Å². The predicted octanol–water partition coefficient (Wildman–Crippen LogP) is 15.2. The first-order valence-electron chi connectivity index (χ1n) is 21.2. The zero-order valence-electron chi connectivity index (χ0n) is 33.6. The molecule has 0 amide bonds. The van der Waals surface area contributed by atoms with E-state index in [1.807, 2.05) is 30.3 Å². The van der Waals surface area contributed by atoms with Crippen LogP contribution in [0.15, 0.2) is 203 Å². The highest BCUT2D eigenvalue weighted by Gasteiger charge is 2.24. The summed E-state index contributed by atoms with van der Waals surface area (Å²) in [4.78, 5) is 15.8. The third kappa shape index (κ3) is 5.09. The first kappa shape index (κ1) is 34.1. The molecule has 0 atom stereocenters. The number of fused-ring (bicyclic) bond motifs is 13. The largest absolute Gasteiger partial charge is 0.456 e. The molecule has 0 aliphatic rings. The van der Waals surface area contributed by atoms with Crippen molar-refractivity contribution in [3.8, 4) is 39.9 Å². The third-order valence-electron chi connectivity index (χ3n) is 12.8. The summed E-state index contributed by atoms with van der Waals surface area (Å²) in [6.45, 7) is 0. The number of hydrogen-bond donors (Lipinski definition) is 0. The lowest BCUT2D eigenvalue weighted by Gasteiger charge is -2.13. The number of benzene rings is 10. The molecular formula is C57H32N4O2. The fourth-order valence-electron chi connectivity index (χ4n) is 9.82. The van der Waals surface area contributed by atoms with E-state index < -0.39 is 0 Å². The Bertz CT molecular complexity index is 4230. The molecule has 0 aliphatic heterocycles. The van der Waals surface area contributed by atoms with Gasteiger partial charge in [-0.05, 0) is 93.7 Å². The summed E-state index contributed by atoms with van der Waals surface area (Å²) in [5, 5.41) is 13.3. The van der Waals surface area contributed by atoms with Crippen LogP contribution in [0.5, 0.6) is 0 Å². The number of furan rings is 2. The molecule has 0 saturated carbocycles. The monoisotopic (exact) mass is 804 g/mol. The highest BCUT2D eigenvalue weighted by atomic mass is 16.3. The lowest BCUT2D eigenvalue weighted by molar-refractivity contribution is 0.669. The Labute approximate surface area is 358 Å². The van der Waals surface area contributed by atoms with E-state index in [1.54, 1.807) is 0 Å². The van der Waals surface area contributed by atoms with E-state index in [4.69, 9.17) is 23.8 Å². The Kier molecular flexibility index (Phi) is 7.02. The van der Waals surface area contributed by atoms with Gasteiger partial charge in [-0.1, -0.05) is 127 Å². The van der Waals surface area contributed by atoms with E-state index in [2.05, 4.69) is 168 Å². The second-order valence-electron chi connectivity index (χ2n) is 16.3. The minimum atomic E-state index is 0.522. The average Bonchev–Trinajstić information content (AvgIpc) is 4.02. The smallest absolute Gasteiger partial charge is 0.167 e. The average molecular weight is 805 g/mol. The van der Waals surface area contributed by atoms with E-state index in [1.165, 1.54) is 21.5 Å². The van der Waals surface area contributed by atoms with Crippen LogP contribution >= 0.6 is 0 Å². The van der Waals surface area contributed by atoms with E-state index >= 15 is 0 Å². The molecule has 6 heteroatoms. The van der Waals surface area contributed by atoms with Gasteiger partial charge in [0.15, 0.2) is 17.5 Å². The summed E-state index contributed by atoms with van der Waals surface area (Å²) in [6.07, 6.45) is 0. The highest BCUT2D eigenvalue weighted by Crippen LogP contribution is 2.45. The van der Waals surface area contributed by atoms with Crippen molar-refractivity contribution in [2.45, 2.75) is 0 Å². The number of hydrogen-bond acceptors (Lipinski definition) is 5. The summed E-state index contributed by atoms with van der Waals surface area (Å²) in [7, 11) is 0.